The van der Waals surface area contributed by atoms with E-state index in [1.165, 1.54) is 39.1 Å². The van der Waals surface area contributed by atoms with E-state index in [4.69, 9.17) is 5.73 Å². The van der Waals surface area contributed by atoms with E-state index in [1.807, 2.05) is 6.07 Å². The van der Waals surface area contributed by atoms with Gasteiger partial charge >= 0.3 is 0 Å². The number of amides is 2. The number of fused-ring (bicyclic) bond motifs is 6. The number of carbonyl (C=O) groups is 2. The molecule has 282 valence electrons. The first kappa shape index (κ1) is 36.6. The van der Waals surface area contributed by atoms with Crippen molar-refractivity contribution in [3.63, 3.8) is 0 Å². The second-order valence-corrected chi connectivity index (χ2v) is 18.3. The number of nitrogen functional groups attached to an aromatic ring is 1. The molecule has 0 saturated heterocycles. The number of imide groups is 1. The minimum atomic E-state index is -0.624. The van der Waals surface area contributed by atoms with E-state index in [9.17, 15) is 4.79 Å². The van der Waals surface area contributed by atoms with Crippen LogP contribution in [-0.4, -0.2) is 23.8 Å². The SMILES string of the molecule is CN(C(=O)[C@@]1(C)CCCC2(C)c3cc(N)ccc3CCC21)C(=O)[C@@]1(C)CCCC2(C)c3cc(N(Cc4ccccc4)Cc4ccccc4)ccc3CCC21. The van der Waals surface area contributed by atoms with Gasteiger partial charge in [0.05, 0.1) is 10.8 Å². The molecule has 2 N–H and O–H groups in total. The van der Waals surface area contributed by atoms with Gasteiger partial charge in [-0.05, 0) is 132 Å². The number of benzene rings is 4. The van der Waals surface area contributed by atoms with Crippen LogP contribution < -0.4 is 10.6 Å². The summed E-state index contributed by atoms with van der Waals surface area (Å²) in [6.45, 7) is 10.8. The number of aryl methyl sites for hydroxylation is 2. The molecule has 4 unspecified atom stereocenters. The molecule has 5 nitrogen and oxygen atoms in total. The molecule has 0 spiro atoms. The summed E-state index contributed by atoms with van der Waals surface area (Å²) >= 11 is 0. The van der Waals surface area contributed by atoms with Crippen LogP contribution in [0.5, 0.6) is 0 Å². The summed E-state index contributed by atoms with van der Waals surface area (Å²) in [5.41, 5.74) is 14.9. The van der Waals surface area contributed by atoms with Crippen molar-refractivity contribution >= 4 is 23.2 Å². The number of nitrogens with two attached hydrogens (primary N) is 1. The average molecular weight is 722 g/mol. The summed E-state index contributed by atoms with van der Waals surface area (Å²) in [5.74, 6) is 0.344. The fourth-order valence-corrected chi connectivity index (χ4v) is 12.3. The highest BCUT2D eigenvalue weighted by Gasteiger charge is 2.59. The fraction of sp³-hybridized carbons (Fsp3) is 0.469. The number of hydrogen-bond acceptors (Lipinski definition) is 4. The van der Waals surface area contributed by atoms with E-state index < -0.39 is 10.8 Å². The van der Waals surface area contributed by atoms with Gasteiger partial charge in [-0.3, -0.25) is 14.5 Å². The number of hydrogen-bond donors (Lipinski definition) is 1. The Morgan fingerprint density at radius 3 is 1.59 bits per heavy atom. The molecule has 0 heterocycles. The Hall–Kier alpha value is -4.38. The highest BCUT2D eigenvalue weighted by atomic mass is 16.2. The van der Waals surface area contributed by atoms with E-state index in [-0.39, 0.29) is 34.5 Å². The third-order valence-electron chi connectivity index (χ3n) is 15.1. The van der Waals surface area contributed by atoms with Crippen LogP contribution >= 0.6 is 0 Å². The highest BCUT2D eigenvalue weighted by molar-refractivity contribution is 6.00. The molecule has 4 aromatic carbocycles. The normalized spacial score (nSPS) is 29.9. The van der Waals surface area contributed by atoms with Gasteiger partial charge in [0.2, 0.25) is 11.8 Å². The molecule has 0 aromatic heterocycles. The first-order valence-corrected chi connectivity index (χ1v) is 20.5. The van der Waals surface area contributed by atoms with Crippen molar-refractivity contribution in [2.75, 3.05) is 17.7 Å². The van der Waals surface area contributed by atoms with Gasteiger partial charge in [-0.25, -0.2) is 0 Å². The zero-order valence-corrected chi connectivity index (χ0v) is 33.2. The molecule has 4 aromatic rings. The summed E-state index contributed by atoms with van der Waals surface area (Å²) in [4.78, 5) is 34.1. The molecule has 2 amide bonds. The quantitative estimate of drug-likeness (QED) is 0.152. The third-order valence-corrected chi connectivity index (χ3v) is 15.1. The average Bonchev–Trinajstić information content (AvgIpc) is 3.17. The third kappa shape index (κ3) is 5.97. The summed E-state index contributed by atoms with van der Waals surface area (Å²) < 4.78 is 0. The maximum Gasteiger partial charge on any atom is 0.235 e. The summed E-state index contributed by atoms with van der Waals surface area (Å²) in [5, 5.41) is 0. The predicted molar refractivity (Wildman–Crippen MR) is 220 cm³/mol. The van der Waals surface area contributed by atoms with Crippen LogP contribution in [0.1, 0.15) is 112 Å². The number of anilines is 2. The van der Waals surface area contributed by atoms with Gasteiger partial charge in [-0.2, -0.15) is 0 Å². The standard InChI is InChI=1S/C49H59N3O2/c1-46-26-12-28-48(3,42(46)24-20-36-18-22-38(50)30-40(36)46)44(53)51(5)45(54)49(4)29-13-27-47(2)41-31-39(23-19-37(41)21-25-43(47)49)52(32-34-14-8-6-9-15-34)33-35-16-10-7-11-17-35/h6-11,14-19,22-23,30-31,42-43H,12-13,20-21,24-29,32-33,50H2,1-5H3/t42?,43?,46?,47?,48-,49-/m0/s1. The second-order valence-electron chi connectivity index (χ2n) is 18.3. The van der Waals surface area contributed by atoms with Crippen LogP contribution in [0.25, 0.3) is 0 Å². The van der Waals surface area contributed by atoms with E-state index in [0.29, 0.717) is 0 Å². The molecular weight excluding hydrogens is 663 g/mol. The molecule has 0 aliphatic heterocycles. The number of nitrogens with zero attached hydrogens (tertiary/aromatic N) is 2. The van der Waals surface area contributed by atoms with Crippen LogP contribution in [0, 0.1) is 22.7 Å². The highest BCUT2D eigenvalue weighted by Crippen LogP contribution is 2.60. The zero-order chi connectivity index (χ0) is 37.9. The lowest BCUT2D eigenvalue weighted by molar-refractivity contribution is -0.165. The van der Waals surface area contributed by atoms with Crippen molar-refractivity contribution in [3.8, 4) is 0 Å². The van der Waals surface area contributed by atoms with Gasteiger partial charge in [0.15, 0.2) is 0 Å². The topological polar surface area (TPSA) is 66.6 Å². The molecule has 2 saturated carbocycles. The fourth-order valence-electron chi connectivity index (χ4n) is 12.3. The van der Waals surface area contributed by atoms with Gasteiger partial charge < -0.3 is 10.6 Å². The van der Waals surface area contributed by atoms with Crippen LogP contribution in [-0.2, 0) is 46.4 Å². The molecule has 54 heavy (non-hydrogen) atoms. The van der Waals surface area contributed by atoms with E-state index in [0.717, 1.165) is 83.0 Å². The minimum Gasteiger partial charge on any atom is -0.399 e. The van der Waals surface area contributed by atoms with E-state index in [2.05, 4.69) is 124 Å². The van der Waals surface area contributed by atoms with Gasteiger partial charge in [-0.15, -0.1) is 0 Å². The largest absolute Gasteiger partial charge is 0.399 e. The van der Waals surface area contributed by atoms with Crippen LogP contribution in [0.2, 0.25) is 0 Å². The molecule has 0 radical (unpaired) electrons. The molecule has 4 aliphatic rings. The van der Waals surface area contributed by atoms with Gasteiger partial charge in [0, 0.05) is 31.5 Å². The minimum absolute atomic E-state index is 0.0141. The van der Waals surface area contributed by atoms with Crippen molar-refractivity contribution in [2.24, 2.45) is 22.7 Å². The Labute approximate surface area is 323 Å². The van der Waals surface area contributed by atoms with E-state index in [1.54, 1.807) is 11.9 Å². The maximum absolute atomic E-state index is 15.1. The Kier molecular flexibility index (Phi) is 9.30. The van der Waals surface area contributed by atoms with Crippen LogP contribution in [0.3, 0.4) is 0 Å². The number of rotatable bonds is 7. The maximum atomic E-state index is 15.1. The van der Waals surface area contributed by atoms with Crippen molar-refractivity contribution in [1.29, 1.82) is 0 Å². The molecular formula is C49H59N3O2. The second kappa shape index (κ2) is 13.7. The van der Waals surface area contributed by atoms with Gasteiger partial charge in [0.25, 0.3) is 0 Å². The summed E-state index contributed by atoms with van der Waals surface area (Å²) in [7, 11) is 1.80. The first-order valence-electron chi connectivity index (χ1n) is 20.5. The van der Waals surface area contributed by atoms with Gasteiger partial charge in [-0.1, -0.05) is 113 Å². The lowest BCUT2D eigenvalue weighted by atomic mass is 9.48. The van der Waals surface area contributed by atoms with Crippen molar-refractivity contribution in [1.82, 2.24) is 4.90 Å². The van der Waals surface area contributed by atoms with Crippen molar-refractivity contribution < 1.29 is 9.59 Å². The van der Waals surface area contributed by atoms with E-state index >= 15 is 4.79 Å². The first-order chi connectivity index (χ1) is 25.9. The van der Waals surface area contributed by atoms with Crippen molar-refractivity contribution in [3.05, 3.63) is 130 Å². The smallest absolute Gasteiger partial charge is 0.235 e. The van der Waals surface area contributed by atoms with Crippen LogP contribution in [0.15, 0.2) is 97.1 Å². The van der Waals surface area contributed by atoms with Gasteiger partial charge in [0.1, 0.15) is 0 Å². The Morgan fingerprint density at radius 1 is 0.630 bits per heavy atom. The lowest BCUT2D eigenvalue weighted by Gasteiger charge is -2.57. The molecule has 4 aliphatic carbocycles. The zero-order valence-electron chi connectivity index (χ0n) is 33.2. The Morgan fingerprint density at radius 2 is 1.09 bits per heavy atom. The summed E-state index contributed by atoms with van der Waals surface area (Å²) in [6.07, 6.45) is 9.48. The molecule has 2 fully saturated rings. The Balaban J connectivity index is 1.09. The van der Waals surface area contributed by atoms with Crippen LogP contribution in [0.4, 0.5) is 11.4 Å². The predicted octanol–water partition coefficient (Wildman–Crippen LogP) is 10.2. The molecule has 5 heteroatoms. The monoisotopic (exact) mass is 721 g/mol. The molecule has 8 rings (SSSR count). The lowest BCUT2D eigenvalue weighted by Crippen LogP contribution is -2.60. The molecule has 6 atom stereocenters. The van der Waals surface area contributed by atoms with Crippen molar-refractivity contribution in [2.45, 2.75) is 116 Å². The Bertz CT molecular complexity index is 2000. The number of carbonyl (C=O) groups excluding carboxylic acids is 2. The summed E-state index contributed by atoms with van der Waals surface area (Å²) in [6, 6.07) is 34.9. The molecule has 0 bridgehead atoms.